The van der Waals surface area contributed by atoms with Crippen LogP contribution in [0.5, 0.6) is 0 Å². The van der Waals surface area contributed by atoms with Crippen molar-refractivity contribution in [3.63, 3.8) is 0 Å². The highest BCUT2D eigenvalue weighted by Crippen LogP contribution is 2.32. The Balaban J connectivity index is 1.64. The molecule has 1 atom stereocenters. The van der Waals surface area contributed by atoms with Gasteiger partial charge in [-0.2, -0.15) is 0 Å². The predicted octanol–water partition coefficient (Wildman–Crippen LogP) is 3.90. The van der Waals surface area contributed by atoms with Crippen LogP contribution in [0.4, 0.5) is 0 Å². The molecular formula is C14H26O. The average Bonchev–Trinajstić information content (AvgIpc) is 2.80. The number of hydrogen-bond donors (Lipinski definition) is 1. The van der Waals surface area contributed by atoms with Crippen molar-refractivity contribution in [3.05, 3.63) is 0 Å². The Bertz CT molecular complexity index is 166. The van der Waals surface area contributed by atoms with Gasteiger partial charge in [-0.3, -0.25) is 0 Å². The molecule has 1 unspecified atom stereocenters. The second-order valence-electron chi connectivity index (χ2n) is 5.69. The first-order chi connectivity index (χ1) is 7.36. The van der Waals surface area contributed by atoms with Crippen LogP contribution in [0, 0.1) is 11.8 Å². The maximum absolute atomic E-state index is 10.1. The minimum Gasteiger partial charge on any atom is -0.393 e. The molecular weight excluding hydrogens is 184 g/mol. The summed E-state index contributed by atoms with van der Waals surface area (Å²) in [4.78, 5) is 0. The highest BCUT2D eigenvalue weighted by atomic mass is 16.3. The van der Waals surface area contributed by atoms with Gasteiger partial charge >= 0.3 is 0 Å². The molecule has 0 spiro atoms. The van der Waals surface area contributed by atoms with Crippen molar-refractivity contribution >= 4 is 0 Å². The van der Waals surface area contributed by atoms with Crippen molar-refractivity contribution in [2.24, 2.45) is 11.8 Å². The zero-order chi connectivity index (χ0) is 10.5. The van der Waals surface area contributed by atoms with E-state index >= 15 is 0 Å². The molecule has 0 aromatic carbocycles. The molecule has 1 N–H and O–H groups in total. The van der Waals surface area contributed by atoms with Gasteiger partial charge in [0.25, 0.3) is 0 Å². The molecule has 1 nitrogen and oxygen atoms in total. The fourth-order valence-electron chi connectivity index (χ4n) is 3.46. The summed E-state index contributed by atoms with van der Waals surface area (Å²) >= 11 is 0. The van der Waals surface area contributed by atoms with Crippen molar-refractivity contribution in [1.29, 1.82) is 0 Å². The lowest BCUT2D eigenvalue weighted by molar-refractivity contribution is 0.0713. The molecule has 2 saturated carbocycles. The maximum Gasteiger partial charge on any atom is 0.0568 e. The molecule has 2 fully saturated rings. The molecule has 0 radical (unpaired) electrons. The van der Waals surface area contributed by atoms with Crippen molar-refractivity contribution < 1.29 is 5.11 Å². The molecule has 0 aromatic rings. The lowest BCUT2D eigenvalue weighted by Gasteiger charge is -2.27. The van der Waals surface area contributed by atoms with Gasteiger partial charge in [-0.1, -0.05) is 44.9 Å². The van der Waals surface area contributed by atoms with Crippen LogP contribution in [0.25, 0.3) is 0 Å². The molecule has 1 heteroatoms. The summed E-state index contributed by atoms with van der Waals surface area (Å²) in [5, 5.41) is 10.1. The predicted molar refractivity (Wildman–Crippen MR) is 63.8 cm³/mol. The van der Waals surface area contributed by atoms with Gasteiger partial charge in [0.05, 0.1) is 6.10 Å². The van der Waals surface area contributed by atoms with Gasteiger partial charge in [0.2, 0.25) is 0 Å². The molecule has 2 rings (SSSR count). The molecule has 0 saturated heterocycles. The number of aliphatic hydroxyl groups excluding tert-OH is 1. The standard InChI is InChI=1S/C14H26O/c15-14(13-8-2-1-3-9-13)11-10-12-6-4-5-7-12/h12-15H,1-11H2. The monoisotopic (exact) mass is 210 g/mol. The summed E-state index contributed by atoms with van der Waals surface area (Å²) in [6.45, 7) is 0. The van der Waals surface area contributed by atoms with Crippen LogP contribution in [0.15, 0.2) is 0 Å². The highest BCUT2D eigenvalue weighted by molar-refractivity contribution is 4.75. The highest BCUT2D eigenvalue weighted by Gasteiger charge is 2.23. The second kappa shape index (κ2) is 5.89. The van der Waals surface area contributed by atoms with E-state index in [4.69, 9.17) is 0 Å². The van der Waals surface area contributed by atoms with Gasteiger partial charge in [-0.05, 0) is 37.5 Å². The molecule has 0 heterocycles. The van der Waals surface area contributed by atoms with Gasteiger partial charge in [-0.15, -0.1) is 0 Å². The molecule has 0 aromatic heterocycles. The van der Waals surface area contributed by atoms with Crippen LogP contribution in [-0.4, -0.2) is 11.2 Å². The fourth-order valence-corrected chi connectivity index (χ4v) is 3.46. The van der Waals surface area contributed by atoms with Crippen LogP contribution in [0.2, 0.25) is 0 Å². The molecule has 88 valence electrons. The zero-order valence-electron chi connectivity index (χ0n) is 9.96. The van der Waals surface area contributed by atoms with E-state index in [0.29, 0.717) is 5.92 Å². The maximum atomic E-state index is 10.1. The SMILES string of the molecule is OC(CCC1CCCC1)C1CCCCC1. The van der Waals surface area contributed by atoms with Crippen LogP contribution in [0.1, 0.15) is 70.6 Å². The minimum atomic E-state index is 0.0194. The summed E-state index contributed by atoms with van der Waals surface area (Å²) in [6.07, 6.45) is 14.8. The van der Waals surface area contributed by atoms with Crippen LogP contribution in [-0.2, 0) is 0 Å². The number of rotatable bonds is 4. The largest absolute Gasteiger partial charge is 0.393 e. The third-order valence-corrected chi connectivity index (χ3v) is 4.54. The summed E-state index contributed by atoms with van der Waals surface area (Å²) in [7, 11) is 0. The van der Waals surface area contributed by atoms with Crippen molar-refractivity contribution in [2.45, 2.75) is 76.7 Å². The Hall–Kier alpha value is -0.0400. The van der Waals surface area contributed by atoms with E-state index in [1.54, 1.807) is 0 Å². The van der Waals surface area contributed by atoms with Gasteiger partial charge in [0.1, 0.15) is 0 Å². The third-order valence-electron chi connectivity index (χ3n) is 4.54. The van der Waals surface area contributed by atoms with E-state index in [9.17, 15) is 5.11 Å². The van der Waals surface area contributed by atoms with Gasteiger partial charge in [0, 0.05) is 0 Å². The third kappa shape index (κ3) is 3.48. The van der Waals surface area contributed by atoms with E-state index < -0.39 is 0 Å². The smallest absolute Gasteiger partial charge is 0.0568 e. The minimum absolute atomic E-state index is 0.0194. The normalized spacial score (nSPS) is 27.0. The molecule has 0 aliphatic heterocycles. The Morgan fingerprint density at radius 3 is 2.13 bits per heavy atom. The Kier molecular flexibility index (Phi) is 4.49. The topological polar surface area (TPSA) is 20.2 Å². The van der Waals surface area contributed by atoms with Crippen LogP contribution >= 0.6 is 0 Å². The van der Waals surface area contributed by atoms with Crippen LogP contribution in [0.3, 0.4) is 0 Å². The van der Waals surface area contributed by atoms with E-state index in [0.717, 1.165) is 12.3 Å². The molecule has 0 bridgehead atoms. The zero-order valence-corrected chi connectivity index (χ0v) is 9.96. The molecule has 2 aliphatic carbocycles. The first kappa shape index (κ1) is 11.4. The number of aliphatic hydroxyl groups is 1. The molecule has 15 heavy (non-hydrogen) atoms. The van der Waals surface area contributed by atoms with Crippen molar-refractivity contribution in [2.75, 3.05) is 0 Å². The quantitative estimate of drug-likeness (QED) is 0.746. The summed E-state index contributed by atoms with van der Waals surface area (Å²) in [6, 6.07) is 0. The first-order valence-electron chi connectivity index (χ1n) is 7.04. The van der Waals surface area contributed by atoms with E-state index in [2.05, 4.69) is 0 Å². The van der Waals surface area contributed by atoms with Gasteiger partial charge in [0.15, 0.2) is 0 Å². The van der Waals surface area contributed by atoms with Gasteiger partial charge in [-0.25, -0.2) is 0 Å². The fraction of sp³-hybridized carbons (Fsp3) is 1.00. The average molecular weight is 210 g/mol. The number of hydrogen-bond acceptors (Lipinski definition) is 1. The molecule has 2 aliphatic rings. The second-order valence-corrected chi connectivity index (χ2v) is 5.69. The first-order valence-corrected chi connectivity index (χ1v) is 7.04. The summed E-state index contributed by atoms with van der Waals surface area (Å²) in [5.41, 5.74) is 0. The van der Waals surface area contributed by atoms with E-state index in [-0.39, 0.29) is 6.10 Å². The Morgan fingerprint density at radius 1 is 0.867 bits per heavy atom. The Labute approximate surface area is 94.3 Å². The lowest BCUT2D eigenvalue weighted by atomic mass is 9.83. The van der Waals surface area contributed by atoms with Gasteiger partial charge < -0.3 is 5.11 Å². The summed E-state index contributed by atoms with van der Waals surface area (Å²) < 4.78 is 0. The summed E-state index contributed by atoms with van der Waals surface area (Å²) in [5.74, 6) is 1.59. The molecule has 0 amide bonds. The van der Waals surface area contributed by atoms with E-state index in [1.807, 2.05) is 0 Å². The van der Waals surface area contributed by atoms with E-state index in [1.165, 1.54) is 64.2 Å². The van der Waals surface area contributed by atoms with Crippen molar-refractivity contribution in [3.8, 4) is 0 Å². The Morgan fingerprint density at radius 2 is 1.47 bits per heavy atom. The van der Waals surface area contributed by atoms with Crippen molar-refractivity contribution in [1.82, 2.24) is 0 Å². The lowest BCUT2D eigenvalue weighted by Crippen LogP contribution is -2.23. The van der Waals surface area contributed by atoms with Crippen LogP contribution < -0.4 is 0 Å².